The third-order valence-electron chi connectivity index (χ3n) is 3.44. The van der Waals surface area contributed by atoms with E-state index in [4.69, 9.17) is 4.74 Å². The molecule has 1 atom stereocenters. The molecule has 0 radical (unpaired) electrons. The molecule has 2 nitrogen and oxygen atoms in total. The molecule has 0 aromatic carbocycles. The number of rotatable bonds is 3. The fourth-order valence-corrected chi connectivity index (χ4v) is 2.79. The molecule has 0 amide bonds. The molecule has 0 spiro atoms. The molecular weight excluding hydrogens is 200 g/mol. The molecule has 4 heteroatoms. The van der Waals surface area contributed by atoms with Crippen LogP contribution in [0.3, 0.4) is 0 Å². The van der Waals surface area contributed by atoms with E-state index in [-0.39, 0.29) is 24.6 Å². The fourth-order valence-electron chi connectivity index (χ4n) is 2.79. The molecule has 2 aliphatic heterocycles. The Labute approximate surface area is 89.6 Å². The van der Waals surface area contributed by atoms with Crippen molar-refractivity contribution in [2.75, 3.05) is 19.7 Å². The smallest absolute Gasteiger partial charge is 0.262 e. The van der Waals surface area contributed by atoms with Gasteiger partial charge in [0.25, 0.3) is 5.92 Å². The number of hydrogen-bond acceptors (Lipinski definition) is 2. The second kappa shape index (κ2) is 3.67. The number of nitrogens with zero attached hydrogens (tertiary/aromatic N) is 1. The molecule has 2 rings (SSSR count). The first-order chi connectivity index (χ1) is 6.94. The van der Waals surface area contributed by atoms with E-state index in [2.05, 4.69) is 0 Å². The minimum Gasteiger partial charge on any atom is -0.377 e. The second-order valence-electron chi connectivity index (χ2n) is 5.14. The highest BCUT2D eigenvalue weighted by Crippen LogP contribution is 2.45. The van der Waals surface area contributed by atoms with Crippen molar-refractivity contribution in [1.29, 1.82) is 0 Å². The molecule has 0 aromatic heterocycles. The number of hydrogen-bond donors (Lipinski definition) is 0. The molecule has 0 aliphatic carbocycles. The summed E-state index contributed by atoms with van der Waals surface area (Å²) in [5.41, 5.74) is -0.367. The molecule has 2 aliphatic rings. The van der Waals surface area contributed by atoms with Crippen molar-refractivity contribution < 1.29 is 13.5 Å². The summed E-state index contributed by atoms with van der Waals surface area (Å²) in [6.07, 6.45) is 1.98. The standard InChI is InChI=1S/C11H19F2NO/c1-9(2)15-8-10-4-3-5-14(10)7-11(12,13)6-10/h9H,3-8H2,1-2H3. The Morgan fingerprint density at radius 3 is 2.80 bits per heavy atom. The van der Waals surface area contributed by atoms with Crippen LogP contribution in [0.5, 0.6) is 0 Å². The van der Waals surface area contributed by atoms with Gasteiger partial charge in [0.2, 0.25) is 0 Å². The summed E-state index contributed by atoms with van der Waals surface area (Å²) in [4.78, 5) is 1.93. The predicted octanol–water partition coefficient (Wildman–Crippen LogP) is 2.29. The van der Waals surface area contributed by atoms with Crippen LogP contribution in [-0.4, -0.2) is 42.2 Å². The highest BCUT2D eigenvalue weighted by molar-refractivity contribution is 5.06. The zero-order valence-corrected chi connectivity index (χ0v) is 9.43. The average molecular weight is 219 g/mol. The Bertz CT molecular complexity index is 245. The van der Waals surface area contributed by atoms with Crippen LogP contribution in [0.4, 0.5) is 8.78 Å². The summed E-state index contributed by atoms with van der Waals surface area (Å²) in [7, 11) is 0. The van der Waals surface area contributed by atoms with Crippen LogP contribution >= 0.6 is 0 Å². The van der Waals surface area contributed by atoms with Crippen molar-refractivity contribution in [2.45, 2.75) is 50.7 Å². The van der Waals surface area contributed by atoms with Gasteiger partial charge >= 0.3 is 0 Å². The first-order valence-corrected chi connectivity index (χ1v) is 5.68. The number of alkyl halides is 2. The van der Waals surface area contributed by atoms with Crippen LogP contribution in [0.1, 0.15) is 33.1 Å². The Balaban J connectivity index is 2.04. The molecule has 2 heterocycles. The van der Waals surface area contributed by atoms with E-state index in [0.29, 0.717) is 6.61 Å². The Morgan fingerprint density at radius 1 is 1.40 bits per heavy atom. The average Bonchev–Trinajstić information content (AvgIpc) is 2.53. The van der Waals surface area contributed by atoms with Crippen molar-refractivity contribution in [2.24, 2.45) is 0 Å². The highest BCUT2D eigenvalue weighted by atomic mass is 19.3. The van der Waals surface area contributed by atoms with E-state index in [1.165, 1.54) is 0 Å². The monoisotopic (exact) mass is 219 g/mol. The van der Waals surface area contributed by atoms with Crippen LogP contribution in [0.15, 0.2) is 0 Å². The summed E-state index contributed by atoms with van der Waals surface area (Å²) in [6.45, 7) is 5.08. The maximum atomic E-state index is 13.3. The van der Waals surface area contributed by atoms with Gasteiger partial charge in [-0.25, -0.2) is 8.78 Å². The third-order valence-corrected chi connectivity index (χ3v) is 3.44. The molecule has 0 bridgehead atoms. The first kappa shape index (κ1) is 11.3. The van der Waals surface area contributed by atoms with E-state index >= 15 is 0 Å². The number of fused-ring (bicyclic) bond motifs is 1. The molecule has 1 unspecified atom stereocenters. The van der Waals surface area contributed by atoms with Crippen molar-refractivity contribution in [1.82, 2.24) is 4.90 Å². The van der Waals surface area contributed by atoms with Gasteiger partial charge in [0.1, 0.15) is 0 Å². The highest BCUT2D eigenvalue weighted by Gasteiger charge is 2.56. The maximum Gasteiger partial charge on any atom is 0.262 e. The second-order valence-corrected chi connectivity index (χ2v) is 5.14. The SMILES string of the molecule is CC(C)OCC12CCCN1CC(F)(F)C2. The zero-order chi connectivity index (χ0) is 11.1. The Kier molecular flexibility index (Phi) is 2.75. The van der Waals surface area contributed by atoms with Crippen molar-refractivity contribution in [3.63, 3.8) is 0 Å². The van der Waals surface area contributed by atoms with Crippen molar-refractivity contribution in [3.05, 3.63) is 0 Å². The van der Waals surface area contributed by atoms with Gasteiger partial charge in [0, 0.05) is 6.42 Å². The molecule has 88 valence electrons. The summed E-state index contributed by atoms with van der Waals surface area (Å²) < 4.78 is 32.2. The van der Waals surface area contributed by atoms with E-state index in [1.807, 2.05) is 18.7 Å². The lowest BCUT2D eigenvalue weighted by Gasteiger charge is -2.31. The molecule has 15 heavy (non-hydrogen) atoms. The Morgan fingerprint density at radius 2 is 2.13 bits per heavy atom. The van der Waals surface area contributed by atoms with Gasteiger partial charge in [-0.05, 0) is 33.2 Å². The van der Waals surface area contributed by atoms with Gasteiger partial charge in [-0.15, -0.1) is 0 Å². The minimum atomic E-state index is -2.51. The lowest BCUT2D eigenvalue weighted by atomic mass is 9.94. The van der Waals surface area contributed by atoms with Crippen molar-refractivity contribution >= 4 is 0 Å². The lowest BCUT2D eigenvalue weighted by Crippen LogP contribution is -2.43. The third kappa shape index (κ3) is 2.16. The van der Waals surface area contributed by atoms with Crippen LogP contribution in [0.25, 0.3) is 0 Å². The quantitative estimate of drug-likeness (QED) is 0.722. The molecular formula is C11H19F2NO. The van der Waals surface area contributed by atoms with Crippen LogP contribution < -0.4 is 0 Å². The summed E-state index contributed by atoms with van der Waals surface area (Å²) in [5, 5.41) is 0. The molecule has 0 N–H and O–H groups in total. The summed E-state index contributed by atoms with van der Waals surface area (Å²) in [6, 6.07) is 0. The van der Waals surface area contributed by atoms with E-state index in [9.17, 15) is 8.78 Å². The van der Waals surface area contributed by atoms with Gasteiger partial charge in [0.05, 0.1) is 24.8 Å². The number of halogens is 2. The largest absolute Gasteiger partial charge is 0.377 e. The van der Waals surface area contributed by atoms with Gasteiger partial charge in [-0.2, -0.15) is 0 Å². The predicted molar refractivity (Wildman–Crippen MR) is 54.2 cm³/mol. The van der Waals surface area contributed by atoms with E-state index < -0.39 is 5.92 Å². The van der Waals surface area contributed by atoms with Gasteiger partial charge in [-0.1, -0.05) is 0 Å². The molecule has 0 saturated carbocycles. The van der Waals surface area contributed by atoms with Crippen molar-refractivity contribution in [3.8, 4) is 0 Å². The van der Waals surface area contributed by atoms with Crippen LogP contribution in [0, 0.1) is 0 Å². The van der Waals surface area contributed by atoms with Gasteiger partial charge in [-0.3, -0.25) is 4.90 Å². The molecule has 2 fully saturated rings. The van der Waals surface area contributed by atoms with E-state index in [1.54, 1.807) is 0 Å². The summed E-state index contributed by atoms with van der Waals surface area (Å²) in [5.74, 6) is -2.51. The fraction of sp³-hybridized carbons (Fsp3) is 1.00. The topological polar surface area (TPSA) is 12.5 Å². The minimum absolute atomic E-state index is 0.0211. The van der Waals surface area contributed by atoms with Crippen LogP contribution in [0.2, 0.25) is 0 Å². The Hall–Kier alpha value is -0.220. The normalized spacial score (nSPS) is 35.0. The van der Waals surface area contributed by atoms with Gasteiger partial charge < -0.3 is 4.74 Å². The molecule has 2 saturated heterocycles. The van der Waals surface area contributed by atoms with E-state index in [0.717, 1.165) is 19.4 Å². The first-order valence-electron chi connectivity index (χ1n) is 5.68. The number of ether oxygens (including phenoxy) is 1. The van der Waals surface area contributed by atoms with Crippen LogP contribution in [-0.2, 0) is 4.74 Å². The molecule has 0 aromatic rings. The zero-order valence-electron chi connectivity index (χ0n) is 9.43. The van der Waals surface area contributed by atoms with Gasteiger partial charge in [0.15, 0.2) is 0 Å². The lowest BCUT2D eigenvalue weighted by molar-refractivity contribution is -0.00952. The maximum absolute atomic E-state index is 13.3. The summed E-state index contributed by atoms with van der Waals surface area (Å²) >= 11 is 0.